The molecule has 7 heteroatoms. The van der Waals surface area contributed by atoms with Crippen LogP contribution in [0.2, 0.25) is 0 Å². The number of H-pyrrole nitrogens is 1. The number of amides is 1. The molecule has 2 N–H and O–H groups in total. The van der Waals surface area contributed by atoms with Crippen molar-refractivity contribution in [3.8, 4) is 6.07 Å². The fourth-order valence-corrected chi connectivity index (χ4v) is 3.50. The molecule has 0 aromatic carbocycles. The summed E-state index contributed by atoms with van der Waals surface area (Å²) in [4.78, 5) is 23.5. The van der Waals surface area contributed by atoms with Gasteiger partial charge >= 0.3 is 0 Å². The van der Waals surface area contributed by atoms with Crippen molar-refractivity contribution < 1.29 is 4.79 Å². The number of carbonyl (C=O) groups is 1. The van der Waals surface area contributed by atoms with Gasteiger partial charge in [-0.1, -0.05) is 0 Å². The zero-order valence-electron chi connectivity index (χ0n) is 12.5. The second kappa shape index (κ2) is 5.39. The number of nitrogens with zero attached hydrogens (tertiary/aromatic N) is 4. The summed E-state index contributed by atoms with van der Waals surface area (Å²) in [6, 6.07) is 4.33. The van der Waals surface area contributed by atoms with Gasteiger partial charge in [-0.3, -0.25) is 4.79 Å². The van der Waals surface area contributed by atoms with Crippen LogP contribution in [0.15, 0.2) is 24.8 Å². The Morgan fingerprint density at radius 2 is 2.39 bits per heavy atom. The Morgan fingerprint density at radius 1 is 1.48 bits per heavy atom. The van der Waals surface area contributed by atoms with Crippen molar-refractivity contribution in [3.63, 3.8) is 0 Å². The number of hydrogen-bond donors (Lipinski definition) is 2. The van der Waals surface area contributed by atoms with E-state index < -0.39 is 0 Å². The molecule has 0 aliphatic heterocycles. The van der Waals surface area contributed by atoms with E-state index in [0.29, 0.717) is 6.04 Å². The Hall–Kier alpha value is -2.88. The Kier molecular flexibility index (Phi) is 3.23. The lowest BCUT2D eigenvalue weighted by Crippen LogP contribution is -2.32. The summed E-state index contributed by atoms with van der Waals surface area (Å²) in [7, 11) is 0. The van der Waals surface area contributed by atoms with Crippen LogP contribution in [0.5, 0.6) is 0 Å². The molecule has 0 bridgehead atoms. The van der Waals surface area contributed by atoms with Crippen molar-refractivity contribution in [2.24, 2.45) is 0 Å². The first kappa shape index (κ1) is 13.8. The maximum Gasteiger partial charge on any atom is 0.234 e. The number of pyridine rings is 1. The van der Waals surface area contributed by atoms with Gasteiger partial charge in [0, 0.05) is 23.7 Å². The first-order valence-electron chi connectivity index (χ1n) is 7.71. The van der Waals surface area contributed by atoms with Crippen molar-refractivity contribution in [1.82, 2.24) is 24.8 Å². The summed E-state index contributed by atoms with van der Waals surface area (Å²) in [5.41, 5.74) is 2.83. The molecule has 0 radical (unpaired) electrons. The van der Waals surface area contributed by atoms with Crippen molar-refractivity contribution in [1.29, 1.82) is 5.26 Å². The van der Waals surface area contributed by atoms with E-state index in [2.05, 4.69) is 24.8 Å². The Labute approximate surface area is 132 Å². The normalized spacial score (nSPS) is 20.8. The van der Waals surface area contributed by atoms with Crippen molar-refractivity contribution in [2.75, 3.05) is 0 Å². The Balaban J connectivity index is 1.62. The topological polar surface area (TPSA) is 99.4 Å². The molecule has 2 atom stereocenters. The van der Waals surface area contributed by atoms with E-state index in [4.69, 9.17) is 5.26 Å². The van der Waals surface area contributed by atoms with Gasteiger partial charge in [0.05, 0.1) is 24.1 Å². The largest absolute Gasteiger partial charge is 0.352 e. The molecule has 1 aliphatic rings. The maximum absolute atomic E-state index is 11.6. The minimum Gasteiger partial charge on any atom is -0.352 e. The van der Waals surface area contributed by atoms with Gasteiger partial charge in [-0.25, -0.2) is 9.97 Å². The Bertz CT molecular complexity index is 918. The summed E-state index contributed by atoms with van der Waals surface area (Å²) < 4.78 is 2.20. The average Bonchev–Trinajstić information content (AvgIpc) is 3.24. The Morgan fingerprint density at radius 3 is 3.26 bits per heavy atom. The predicted molar refractivity (Wildman–Crippen MR) is 84.4 cm³/mol. The SMILES string of the molecule is N#CCC(=O)N[C@H]1CC[C@H](n2cnc3cnc4[nH]ccc4c32)C1. The van der Waals surface area contributed by atoms with E-state index in [1.54, 1.807) is 6.20 Å². The molecule has 0 unspecified atom stereocenters. The number of hydrogen-bond acceptors (Lipinski definition) is 4. The monoisotopic (exact) mass is 308 g/mol. The van der Waals surface area contributed by atoms with E-state index in [0.717, 1.165) is 41.3 Å². The summed E-state index contributed by atoms with van der Waals surface area (Å²) in [5.74, 6) is -0.189. The molecule has 3 aromatic rings. The van der Waals surface area contributed by atoms with Gasteiger partial charge in [-0.15, -0.1) is 0 Å². The van der Waals surface area contributed by atoms with E-state index in [1.807, 2.05) is 24.7 Å². The highest BCUT2D eigenvalue weighted by molar-refractivity contribution is 6.00. The lowest BCUT2D eigenvalue weighted by atomic mass is 10.2. The van der Waals surface area contributed by atoms with Gasteiger partial charge in [-0.05, 0) is 25.3 Å². The van der Waals surface area contributed by atoms with Crippen LogP contribution in [-0.2, 0) is 4.79 Å². The first-order chi connectivity index (χ1) is 11.3. The van der Waals surface area contributed by atoms with Crippen LogP contribution in [0, 0.1) is 11.3 Å². The summed E-state index contributed by atoms with van der Waals surface area (Å²) in [6.07, 6.45) is 8.21. The van der Waals surface area contributed by atoms with Crippen LogP contribution in [0.3, 0.4) is 0 Å². The van der Waals surface area contributed by atoms with Gasteiger partial charge in [-0.2, -0.15) is 5.26 Å². The predicted octanol–water partition coefficient (Wildman–Crippen LogP) is 2.04. The van der Waals surface area contributed by atoms with Gasteiger partial charge < -0.3 is 14.9 Å². The fraction of sp³-hybridized carbons (Fsp3) is 0.375. The lowest BCUT2D eigenvalue weighted by molar-refractivity contribution is -0.120. The molecular weight excluding hydrogens is 292 g/mol. The minimum absolute atomic E-state index is 0.0786. The number of nitrogens with one attached hydrogen (secondary N) is 2. The van der Waals surface area contributed by atoms with E-state index in [-0.39, 0.29) is 18.4 Å². The molecule has 3 heterocycles. The summed E-state index contributed by atoms with van der Waals surface area (Å²) in [5, 5.41) is 12.6. The van der Waals surface area contributed by atoms with Crippen LogP contribution in [0.1, 0.15) is 31.7 Å². The molecule has 3 aromatic heterocycles. The van der Waals surface area contributed by atoms with Crippen molar-refractivity contribution in [2.45, 2.75) is 37.8 Å². The fourth-order valence-electron chi connectivity index (χ4n) is 3.50. The maximum atomic E-state index is 11.6. The van der Waals surface area contributed by atoms with Gasteiger partial charge in [0.15, 0.2) is 0 Å². The zero-order valence-corrected chi connectivity index (χ0v) is 12.5. The van der Waals surface area contributed by atoms with Gasteiger partial charge in [0.25, 0.3) is 0 Å². The number of aromatic amines is 1. The van der Waals surface area contributed by atoms with Crippen molar-refractivity contribution >= 4 is 28.0 Å². The number of nitriles is 1. The zero-order chi connectivity index (χ0) is 15.8. The molecule has 1 fully saturated rings. The molecular formula is C16H16N6O. The standard InChI is InChI=1S/C16H16N6O/c17-5-3-14(23)21-10-1-2-11(7-10)22-9-20-13-8-19-16-12(15(13)22)4-6-18-16/h4,6,8-11H,1-3,7H2,(H,18,19)(H,21,23)/t10-,11-/m0/s1. The number of rotatable bonds is 3. The van der Waals surface area contributed by atoms with Crippen LogP contribution in [0.25, 0.3) is 22.1 Å². The second-order valence-electron chi connectivity index (χ2n) is 5.95. The first-order valence-corrected chi connectivity index (χ1v) is 7.71. The van der Waals surface area contributed by atoms with Crippen molar-refractivity contribution in [3.05, 3.63) is 24.8 Å². The molecule has 0 saturated heterocycles. The minimum atomic E-state index is -0.189. The third kappa shape index (κ3) is 2.32. The third-order valence-electron chi connectivity index (χ3n) is 4.52. The number of fused-ring (bicyclic) bond motifs is 3. The average molecular weight is 308 g/mol. The highest BCUT2D eigenvalue weighted by Crippen LogP contribution is 2.34. The molecule has 116 valence electrons. The molecule has 1 amide bonds. The number of imidazole rings is 1. The van der Waals surface area contributed by atoms with Gasteiger partial charge in [0.1, 0.15) is 17.6 Å². The smallest absolute Gasteiger partial charge is 0.234 e. The van der Waals surface area contributed by atoms with Crippen LogP contribution in [-0.4, -0.2) is 31.5 Å². The molecule has 4 rings (SSSR count). The van der Waals surface area contributed by atoms with E-state index in [1.165, 1.54) is 0 Å². The highest BCUT2D eigenvalue weighted by atomic mass is 16.1. The molecule has 1 aliphatic carbocycles. The van der Waals surface area contributed by atoms with E-state index >= 15 is 0 Å². The third-order valence-corrected chi connectivity index (χ3v) is 4.52. The summed E-state index contributed by atoms with van der Waals surface area (Å²) in [6.45, 7) is 0. The lowest BCUT2D eigenvalue weighted by Gasteiger charge is -2.15. The quantitative estimate of drug-likeness (QED) is 0.773. The molecule has 1 saturated carbocycles. The van der Waals surface area contributed by atoms with Crippen LogP contribution in [0.4, 0.5) is 0 Å². The second-order valence-corrected chi connectivity index (χ2v) is 5.95. The summed E-state index contributed by atoms with van der Waals surface area (Å²) >= 11 is 0. The van der Waals surface area contributed by atoms with Gasteiger partial charge in [0.2, 0.25) is 5.91 Å². The molecule has 7 nitrogen and oxygen atoms in total. The molecule has 0 spiro atoms. The van der Waals surface area contributed by atoms with Crippen LogP contribution < -0.4 is 5.32 Å². The van der Waals surface area contributed by atoms with E-state index in [9.17, 15) is 4.79 Å². The highest BCUT2D eigenvalue weighted by Gasteiger charge is 2.28. The van der Waals surface area contributed by atoms with Crippen LogP contribution >= 0.6 is 0 Å². The molecule has 23 heavy (non-hydrogen) atoms. The number of carbonyl (C=O) groups excluding carboxylic acids is 1. The number of aromatic nitrogens is 4.